The normalized spacial score (nSPS) is 23.6. The van der Waals surface area contributed by atoms with Gasteiger partial charge in [-0.15, -0.1) is 0 Å². The number of anilines is 1. The number of hydrogen-bond donors (Lipinski definition) is 0. The van der Waals surface area contributed by atoms with E-state index in [0.717, 1.165) is 31.4 Å². The van der Waals surface area contributed by atoms with E-state index in [-0.39, 0.29) is 36.6 Å². The molecule has 0 N–H and O–H groups in total. The smallest absolute Gasteiger partial charge is 0.246 e. The van der Waals surface area contributed by atoms with Crippen LogP contribution < -0.4 is 9.64 Å². The number of likely N-dealkylation sites (tertiary alicyclic amines) is 1. The number of hydrogen-bond acceptors (Lipinski definition) is 4. The Morgan fingerprint density at radius 3 is 2.61 bits per heavy atom. The summed E-state index contributed by atoms with van der Waals surface area (Å²) in [6.45, 7) is 1.50. The molecule has 3 amide bonds. The van der Waals surface area contributed by atoms with Crippen molar-refractivity contribution in [1.82, 2.24) is 9.80 Å². The predicted octanol–water partition coefficient (Wildman–Crippen LogP) is 1.66. The summed E-state index contributed by atoms with van der Waals surface area (Å²) in [5.74, 6) is 0.299. The van der Waals surface area contributed by atoms with E-state index >= 15 is 0 Å². The SMILES string of the molecule is COc1cccc(N2CCN(C(=O)[C@H]3CC(=O)N(C4CCCC4)C3)CC2=O)c1. The summed E-state index contributed by atoms with van der Waals surface area (Å²) in [6.07, 6.45) is 4.69. The summed E-state index contributed by atoms with van der Waals surface area (Å²) in [6, 6.07) is 7.68. The van der Waals surface area contributed by atoms with E-state index in [1.165, 1.54) is 0 Å². The molecular formula is C21H27N3O4. The summed E-state index contributed by atoms with van der Waals surface area (Å²) < 4.78 is 5.23. The van der Waals surface area contributed by atoms with Crippen LogP contribution in [0.2, 0.25) is 0 Å². The number of ether oxygens (including phenoxy) is 1. The van der Waals surface area contributed by atoms with Crippen molar-refractivity contribution in [3.05, 3.63) is 24.3 Å². The molecule has 1 aliphatic carbocycles. The van der Waals surface area contributed by atoms with Crippen molar-refractivity contribution in [2.45, 2.75) is 38.1 Å². The first kappa shape index (κ1) is 18.8. The van der Waals surface area contributed by atoms with E-state index in [1.807, 2.05) is 29.2 Å². The molecular weight excluding hydrogens is 358 g/mol. The lowest BCUT2D eigenvalue weighted by atomic mass is 10.1. The van der Waals surface area contributed by atoms with Gasteiger partial charge in [0.25, 0.3) is 0 Å². The molecule has 0 bridgehead atoms. The van der Waals surface area contributed by atoms with Crippen LogP contribution in [-0.2, 0) is 14.4 Å². The topological polar surface area (TPSA) is 70.2 Å². The fraction of sp³-hybridized carbons (Fsp3) is 0.571. The van der Waals surface area contributed by atoms with Gasteiger partial charge < -0.3 is 19.4 Å². The Balaban J connectivity index is 1.38. The van der Waals surface area contributed by atoms with Gasteiger partial charge in [-0.3, -0.25) is 14.4 Å². The molecule has 4 rings (SSSR count). The van der Waals surface area contributed by atoms with Gasteiger partial charge in [0.15, 0.2) is 0 Å². The fourth-order valence-corrected chi connectivity index (χ4v) is 4.64. The van der Waals surface area contributed by atoms with E-state index in [2.05, 4.69) is 0 Å². The standard InChI is InChI=1S/C21H27N3O4/c1-28-18-8-4-7-17(12-18)23-10-9-22(14-20(23)26)21(27)15-11-19(25)24(13-15)16-5-2-3-6-16/h4,7-8,12,15-16H,2-3,5-6,9-11,13-14H2,1H3/t15-/m0/s1. The molecule has 1 aromatic rings. The minimum Gasteiger partial charge on any atom is -0.497 e. The largest absolute Gasteiger partial charge is 0.497 e. The zero-order chi connectivity index (χ0) is 19.7. The molecule has 2 heterocycles. The van der Waals surface area contributed by atoms with E-state index in [4.69, 9.17) is 4.74 Å². The van der Waals surface area contributed by atoms with Gasteiger partial charge in [0, 0.05) is 43.9 Å². The van der Waals surface area contributed by atoms with Crippen LogP contribution in [0.3, 0.4) is 0 Å². The number of methoxy groups -OCH3 is 1. The van der Waals surface area contributed by atoms with Gasteiger partial charge in [-0.1, -0.05) is 18.9 Å². The quantitative estimate of drug-likeness (QED) is 0.790. The molecule has 2 saturated heterocycles. The van der Waals surface area contributed by atoms with Crippen molar-refractivity contribution in [1.29, 1.82) is 0 Å². The Labute approximate surface area is 165 Å². The number of carbonyl (C=O) groups is 3. The van der Waals surface area contributed by atoms with Crippen molar-refractivity contribution < 1.29 is 19.1 Å². The van der Waals surface area contributed by atoms with E-state index in [9.17, 15) is 14.4 Å². The molecule has 3 aliphatic rings. The van der Waals surface area contributed by atoms with Crippen molar-refractivity contribution in [3.63, 3.8) is 0 Å². The van der Waals surface area contributed by atoms with Gasteiger partial charge in [-0.05, 0) is 25.0 Å². The second kappa shape index (κ2) is 7.81. The number of benzene rings is 1. The summed E-state index contributed by atoms with van der Waals surface area (Å²) in [5, 5.41) is 0. The van der Waals surface area contributed by atoms with E-state index < -0.39 is 0 Å². The first-order chi connectivity index (χ1) is 13.6. The van der Waals surface area contributed by atoms with Crippen LogP contribution in [-0.4, -0.2) is 66.9 Å². The van der Waals surface area contributed by atoms with Crippen LogP contribution >= 0.6 is 0 Å². The van der Waals surface area contributed by atoms with Gasteiger partial charge in [-0.2, -0.15) is 0 Å². The Kier molecular flexibility index (Phi) is 5.24. The lowest BCUT2D eigenvalue weighted by Gasteiger charge is -2.35. The summed E-state index contributed by atoms with van der Waals surface area (Å²) >= 11 is 0. The van der Waals surface area contributed by atoms with Crippen LogP contribution in [0.5, 0.6) is 5.75 Å². The maximum absolute atomic E-state index is 13.0. The summed E-state index contributed by atoms with van der Waals surface area (Å²) in [5.41, 5.74) is 0.778. The number of piperazine rings is 1. The van der Waals surface area contributed by atoms with Crippen LogP contribution in [0.1, 0.15) is 32.1 Å². The Morgan fingerprint density at radius 1 is 1.11 bits per heavy atom. The Bertz CT molecular complexity index is 775. The molecule has 1 aromatic carbocycles. The second-order valence-corrected chi connectivity index (χ2v) is 7.89. The molecule has 0 radical (unpaired) electrons. The molecule has 3 fully saturated rings. The average Bonchev–Trinajstić information content (AvgIpc) is 3.37. The van der Waals surface area contributed by atoms with Crippen molar-refractivity contribution in [2.24, 2.45) is 5.92 Å². The van der Waals surface area contributed by atoms with Gasteiger partial charge in [0.05, 0.1) is 13.0 Å². The first-order valence-electron chi connectivity index (χ1n) is 10.1. The highest BCUT2D eigenvalue weighted by Crippen LogP contribution is 2.30. The molecule has 7 heteroatoms. The zero-order valence-corrected chi connectivity index (χ0v) is 16.3. The fourth-order valence-electron chi connectivity index (χ4n) is 4.64. The Hall–Kier alpha value is -2.57. The predicted molar refractivity (Wildman–Crippen MR) is 104 cm³/mol. The third kappa shape index (κ3) is 3.57. The van der Waals surface area contributed by atoms with E-state index in [0.29, 0.717) is 31.4 Å². The molecule has 0 spiro atoms. The number of nitrogens with zero attached hydrogens (tertiary/aromatic N) is 3. The number of rotatable bonds is 4. The molecule has 0 aromatic heterocycles. The van der Waals surface area contributed by atoms with Crippen LogP contribution in [0.15, 0.2) is 24.3 Å². The average molecular weight is 385 g/mol. The summed E-state index contributed by atoms with van der Waals surface area (Å²) in [7, 11) is 1.59. The minimum atomic E-state index is -0.315. The van der Waals surface area contributed by atoms with Gasteiger partial charge in [-0.25, -0.2) is 0 Å². The van der Waals surface area contributed by atoms with Crippen LogP contribution in [0.4, 0.5) is 5.69 Å². The lowest BCUT2D eigenvalue weighted by molar-refractivity contribution is -0.140. The molecule has 28 heavy (non-hydrogen) atoms. The maximum Gasteiger partial charge on any atom is 0.246 e. The molecule has 150 valence electrons. The zero-order valence-electron chi connectivity index (χ0n) is 16.3. The first-order valence-corrected chi connectivity index (χ1v) is 10.1. The van der Waals surface area contributed by atoms with Crippen molar-refractivity contribution in [3.8, 4) is 5.75 Å². The van der Waals surface area contributed by atoms with Crippen molar-refractivity contribution >= 4 is 23.4 Å². The van der Waals surface area contributed by atoms with Crippen LogP contribution in [0, 0.1) is 5.92 Å². The third-order valence-corrected chi connectivity index (χ3v) is 6.17. The molecule has 2 aliphatic heterocycles. The monoisotopic (exact) mass is 385 g/mol. The number of carbonyl (C=O) groups excluding carboxylic acids is 3. The third-order valence-electron chi connectivity index (χ3n) is 6.17. The Morgan fingerprint density at radius 2 is 1.89 bits per heavy atom. The molecule has 0 unspecified atom stereocenters. The van der Waals surface area contributed by atoms with Gasteiger partial charge in [0.2, 0.25) is 17.7 Å². The van der Waals surface area contributed by atoms with Gasteiger partial charge in [0.1, 0.15) is 12.3 Å². The highest BCUT2D eigenvalue weighted by Gasteiger charge is 2.41. The number of amides is 3. The highest BCUT2D eigenvalue weighted by atomic mass is 16.5. The summed E-state index contributed by atoms with van der Waals surface area (Å²) in [4.78, 5) is 43.2. The maximum atomic E-state index is 13.0. The van der Waals surface area contributed by atoms with Crippen LogP contribution in [0.25, 0.3) is 0 Å². The second-order valence-electron chi connectivity index (χ2n) is 7.89. The van der Waals surface area contributed by atoms with Gasteiger partial charge >= 0.3 is 0 Å². The minimum absolute atomic E-state index is 0.0597. The molecule has 1 saturated carbocycles. The van der Waals surface area contributed by atoms with E-state index in [1.54, 1.807) is 16.9 Å². The molecule has 7 nitrogen and oxygen atoms in total. The van der Waals surface area contributed by atoms with Crippen molar-refractivity contribution in [2.75, 3.05) is 38.2 Å². The lowest BCUT2D eigenvalue weighted by Crippen LogP contribution is -2.54. The highest BCUT2D eigenvalue weighted by molar-refractivity contribution is 5.99. The molecule has 1 atom stereocenters.